The predicted molar refractivity (Wildman–Crippen MR) is 64.7 cm³/mol. The molecule has 1 heterocycles. The Balaban J connectivity index is 2.55. The van der Waals surface area contributed by atoms with Crippen LogP contribution in [0.25, 0.3) is 0 Å². The summed E-state index contributed by atoms with van der Waals surface area (Å²) in [6.45, 7) is 5.01. The fourth-order valence-electron chi connectivity index (χ4n) is 2.10. The molecule has 0 aromatic rings. The fraction of sp³-hybridized carbons (Fsp3) is 0.833. The first kappa shape index (κ1) is 14.0. The molecular formula is C12H22N2O3. The highest BCUT2D eigenvalue weighted by Gasteiger charge is 2.27. The monoisotopic (exact) mass is 242 g/mol. The van der Waals surface area contributed by atoms with Gasteiger partial charge in [-0.3, -0.25) is 9.59 Å². The van der Waals surface area contributed by atoms with Crippen LogP contribution in [0.4, 0.5) is 0 Å². The van der Waals surface area contributed by atoms with Crippen molar-refractivity contribution in [1.82, 2.24) is 10.2 Å². The van der Waals surface area contributed by atoms with E-state index in [-0.39, 0.29) is 24.4 Å². The number of amides is 1. The number of nitrogens with zero attached hydrogens (tertiary/aromatic N) is 1. The lowest BCUT2D eigenvalue weighted by Crippen LogP contribution is -2.51. The lowest BCUT2D eigenvalue weighted by atomic mass is 10.0. The van der Waals surface area contributed by atoms with Crippen LogP contribution < -0.4 is 5.32 Å². The molecule has 0 aliphatic carbocycles. The maximum atomic E-state index is 12.2. The van der Waals surface area contributed by atoms with E-state index in [0.717, 1.165) is 25.8 Å². The number of piperidine rings is 1. The minimum atomic E-state index is -0.861. The molecule has 2 N–H and O–H groups in total. The summed E-state index contributed by atoms with van der Waals surface area (Å²) >= 11 is 0. The fourth-order valence-corrected chi connectivity index (χ4v) is 2.10. The highest BCUT2D eigenvalue weighted by molar-refractivity contribution is 5.82. The maximum absolute atomic E-state index is 12.2. The molecule has 0 bridgehead atoms. The third kappa shape index (κ3) is 4.34. The maximum Gasteiger partial charge on any atom is 0.305 e. The van der Waals surface area contributed by atoms with Crippen molar-refractivity contribution in [1.29, 1.82) is 0 Å². The van der Waals surface area contributed by atoms with Crippen LogP contribution in [0.1, 0.15) is 39.5 Å². The lowest BCUT2D eigenvalue weighted by molar-refractivity contribution is -0.140. The van der Waals surface area contributed by atoms with Crippen molar-refractivity contribution in [2.45, 2.75) is 51.6 Å². The van der Waals surface area contributed by atoms with Gasteiger partial charge in [0.1, 0.15) is 0 Å². The summed E-state index contributed by atoms with van der Waals surface area (Å²) in [5.41, 5.74) is 0. The first-order valence-corrected chi connectivity index (χ1v) is 6.28. The van der Waals surface area contributed by atoms with Crippen LogP contribution in [0.5, 0.6) is 0 Å². The molecule has 1 aliphatic heterocycles. The van der Waals surface area contributed by atoms with E-state index in [0.29, 0.717) is 6.54 Å². The number of rotatable bonds is 5. The standard InChI is InChI=1S/C12H22N2O3/c1-9(2)14(8-6-11(15)16)12(17)10-5-3-4-7-13-10/h9-10,13H,3-8H2,1-2H3,(H,15,16). The van der Waals surface area contributed by atoms with E-state index in [1.807, 2.05) is 13.8 Å². The lowest BCUT2D eigenvalue weighted by Gasteiger charge is -2.32. The molecule has 0 spiro atoms. The second-order valence-electron chi connectivity index (χ2n) is 4.77. The Morgan fingerprint density at radius 2 is 2.12 bits per heavy atom. The van der Waals surface area contributed by atoms with Gasteiger partial charge in [0.25, 0.3) is 0 Å². The molecule has 1 unspecified atom stereocenters. The van der Waals surface area contributed by atoms with E-state index >= 15 is 0 Å². The van der Waals surface area contributed by atoms with Gasteiger partial charge in [0.05, 0.1) is 12.5 Å². The number of hydrogen-bond donors (Lipinski definition) is 2. The summed E-state index contributed by atoms with van der Waals surface area (Å²) in [4.78, 5) is 24.5. The molecule has 1 rings (SSSR count). The average molecular weight is 242 g/mol. The van der Waals surface area contributed by atoms with Gasteiger partial charge >= 0.3 is 5.97 Å². The molecule has 1 atom stereocenters. The molecule has 0 aromatic carbocycles. The van der Waals surface area contributed by atoms with Gasteiger partial charge in [0.15, 0.2) is 0 Å². The minimum absolute atomic E-state index is 0.0106. The number of aliphatic carboxylic acids is 1. The quantitative estimate of drug-likeness (QED) is 0.749. The summed E-state index contributed by atoms with van der Waals surface area (Å²) in [6.07, 6.45) is 3.04. The Morgan fingerprint density at radius 3 is 2.59 bits per heavy atom. The molecule has 1 aliphatic rings. The minimum Gasteiger partial charge on any atom is -0.481 e. The van der Waals surface area contributed by atoms with Crippen LogP contribution in [0.2, 0.25) is 0 Å². The van der Waals surface area contributed by atoms with E-state index in [9.17, 15) is 9.59 Å². The van der Waals surface area contributed by atoms with E-state index in [1.165, 1.54) is 0 Å². The Hall–Kier alpha value is -1.10. The number of carboxylic acids is 1. The van der Waals surface area contributed by atoms with E-state index in [4.69, 9.17) is 5.11 Å². The van der Waals surface area contributed by atoms with Crippen LogP contribution in [-0.4, -0.2) is 47.1 Å². The molecule has 1 saturated heterocycles. The van der Waals surface area contributed by atoms with Gasteiger partial charge in [-0.05, 0) is 33.2 Å². The number of hydrogen-bond acceptors (Lipinski definition) is 3. The second-order valence-corrected chi connectivity index (χ2v) is 4.77. The number of nitrogens with one attached hydrogen (secondary N) is 1. The normalized spacial score (nSPS) is 20.3. The first-order chi connectivity index (χ1) is 8.02. The molecule has 1 amide bonds. The van der Waals surface area contributed by atoms with Gasteiger partial charge in [-0.25, -0.2) is 0 Å². The molecule has 1 fully saturated rings. The van der Waals surface area contributed by atoms with Crippen molar-refractivity contribution in [3.8, 4) is 0 Å². The van der Waals surface area contributed by atoms with Gasteiger partial charge in [-0.2, -0.15) is 0 Å². The van der Waals surface area contributed by atoms with Gasteiger partial charge in [-0.15, -0.1) is 0 Å². The van der Waals surface area contributed by atoms with Crippen LogP contribution >= 0.6 is 0 Å². The van der Waals surface area contributed by atoms with Crippen LogP contribution in [-0.2, 0) is 9.59 Å². The van der Waals surface area contributed by atoms with Crippen molar-refractivity contribution in [3.05, 3.63) is 0 Å². The molecular weight excluding hydrogens is 220 g/mol. The molecule has 0 radical (unpaired) electrons. The summed E-state index contributed by atoms with van der Waals surface area (Å²) in [5, 5.41) is 11.9. The summed E-state index contributed by atoms with van der Waals surface area (Å²) < 4.78 is 0. The van der Waals surface area contributed by atoms with E-state index in [1.54, 1.807) is 4.90 Å². The van der Waals surface area contributed by atoms with Crippen LogP contribution in [0.3, 0.4) is 0 Å². The zero-order valence-electron chi connectivity index (χ0n) is 10.6. The van der Waals surface area contributed by atoms with Crippen LogP contribution in [0.15, 0.2) is 0 Å². The number of carbonyl (C=O) groups is 2. The van der Waals surface area contributed by atoms with Gasteiger partial charge in [-0.1, -0.05) is 6.42 Å². The molecule has 98 valence electrons. The topological polar surface area (TPSA) is 69.6 Å². The van der Waals surface area contributed by atoms with Crippen molar-refractivity contribution in [2.24, 2.45) is 0 Å². The average Bonchev–Trinajstić information content (AvgIpc) is 2.29. The van der Waals surface area contributed by atoms with Crippen molar-refractivity contribution in [3.63, 3.8) is 0 Å². The van der Waals surface area contributed by atoms with Crippen molar-refractivity contribution >= 4 is 11.9 Å². The van der Waals surface area contributed by atoms with Gasteiger partial charge < -0.3 is 15.3 Å². The first-order valence-electron chi connectivity index (χ1n) is 6.28. The van der Waals surface area contributed by atoms with E-state index in [2.05, 4.69) is 5.32 Å². The van der Waals surface area contributed by atoms with Crippen molar-refractivity contribution in [2.75, 3.05) is 13.1 Å². The molecule has 5 nitrogen and oxygen atoms in total. The molecule has 0 saturated carbocycles. The van der Waals surface area contributed by atoms with Gasteiger partial charge in [0.2, 0.25) is 5.91 Å². The summed E-state index contributed by atoms with van der Waals surface area (Å²) in [6, 6.07) is -0.0782. The Morgan fingerprint density at radius 1 is 1.41 bits per heavy atom. The molecule has 0 aromatic heterocycles. The number of carboxylic acid groups (broad SMARTS) is 1. The smallest absolute Gasteiger partial charge is 0.305 e. The third-order valence-corrected chi connectivity index (χ3v) is 3.08. The number of carbonyl (C=O) groups excluding carboxylic acids is 1. The second kappa shape index (κ2) is 6.59. The summed E-state index contributed by atoms with van der Waals surface area (Å²) in [7, 11) is 0. The van der Waals surface area contributed by atoms with Crippen LogP contribution in [0, 0.1) is 0 Å². The van der Waals surface area contributed by atoms with Gasteiger partial charge in [0, 0.05) is 12.6 Å². The molecule has 5 heteroatoms. The molecule has 17 heavy (non-hydrogen) atoms. The highest BCUT2D eigenvalue weighted by atomic mass is 16.4. The predicted octanol–water partition coefficient (Wildman–Crippen LogP) is 0.840. The summed E-state index contributed by atoms with van der Waals surface area (Å²) in [5.74, 6) is -0.819. The SMILES string of the molecule is CC(C)N(CCC(=O)O)C(=O)C1CCCCN1. The zero-order valence-corrected chi connectivity index (χ0v) is 10.6. The van der Waals surface area contributed by atoms with Crippen molar-refractivity contribution < 1.29 is 14.7 Å². The Labute approximate surface area is 102 Å². The Bertz CT molecular complexity index is 273. The Kier molecular flexibility index (Phi) is 5.41. The largest absolute Gasteiger partial charge is 0.481 e. The zero-order chi connectivity index (χ0) is 12.8. The highest BCUT2D eigenvalue weighted by Crippen LogP contribution is 2.12. The van der Waals surface area contributed by atoms with E-state index < -0.39 is 5.97 Å². The third-order valence-electron chi connectivity index (χ3n) is 3.08.